The lowest BCUT2D eigenvalue weighted by Crippen LogP contribution is -2.41. The van der Waals surface area contributed by atoms with Crippen molar-refractivity contribution in [3.05, 3.63) is 29.8 Å². The van der Waals surface area contributed by atoms with Crippen molar-refractivity contribution in [1.29, 1.82) is 0 Å². The Bertz CT molecular complexity index is 425. The van der Waals surface area contributed by atoms with Crippen molar-refractivity contribution >= 4 is 23.0 Å². The third-order valence-electron chi connectivity index (χ3n) is 3.77. The Kier molecular flexibility index (Phi) is 4.81. The maximum absolute atomic E-state index is 5.51. The highest BCUT2D eigenvalue weighted by atomic mass is 32.1. The van der Waals surface area contributed by atoms with Gasteiger partial charge < -0.3 is 10.2 Å². The molecule has 0 amide bonds. The van der Waals surface area contributed by atoms with Gasteiger partial charge in [0.2, 0.25) is 0 Å². The highest BCUT2D eigenvalue weighted by Crippen LogP contribution is 2.19. The molecule has 0 unspecified atom stereocenters. The van der Waals surface area contributed by atoms with E-state index in [9.17, 15) is 0 Å². The first kappa shape index (κ1) is 14.3. The first-order valence-electron chi connectivity index (χ1n) is 7.22. The zero-order chi connectivity index (χ0) is 13.8. The molecule has 3 heteroatoms. The number of nitrogens with zero attached hydrogens (tertiary/aromatic N) is 1. The lowest BCUT2D eigenvalue weighted by molar-refractivity contribution is 0.276. The van der Waals surface area contributed by atoms with Crippen molar-refractivity contribution in [3.63, 3.8) is 0 Å². The molecule has 0 aromatic heterocycles. The second-order valence-electron chi connectivity index (χ2n) is 5.90. The van der Waals surface area contributed by atoms with E-state index in [1.54, 1.807) is 0 Å². The smallest absolute Gasteiger partial charge is 0.173 e. The van der Waals surface area contributed by atoms with Crippen LogP contribution in [0.5, 0.6) is 0 Å². The summed E-state index contributed by atoms with van der Waals surface area (Å²) in [6.07, 6.45) is 2.57. The molecule has 19 heavy (non-hydrogen) atoms. The standard InChI is InChI=1S/C16H24N2S/c1-12(2)14-6-8-15(9-7-14)17-16(19)18-10-4-5-13(3)11-18/h6-9,12-13H,4-5,10-11H2,1-3H3,(H,17,19)/t13-/m0/s1. The van der Waals surface area contributed by atoms with Crippen molar-refractivity contribution in [2.24, 2.45) is 5.92 Å². The number of piperidine rings is 1. The lowest BCUT2D eigenvalue weighted by atomic mass is 10.0. The van der Waals surface area contributed by atoms with Crippen molar-refractivity contribution in [2.75, 3.05) is 18.4 Å². The molecular weight excluding hydrogens is 252 g/mol. The van der Waals surface area contributed by atoms with Crippen LogP contribution in [-0.2, 0) is 0 Å². The average Bonchev–Trinajstić information content (AvgIpc) is 2.39. The van der Waals surface area contributed by atoms with E-state index in [2.05, 4.69) is 55.3 Å². The van der Waals surface area contributed by atoms with Crippen LogP contribution in [0.25, 0.3) is 0 Å². The highest BCUT2D eigenvalue weighted by molar-refractivity contribution is 7.80. The first-order valence-corrected chi connectivity index (χ1v) is 7.63. The van der Waals surface area contributed by atoms with E-state index in [1.807, 2.05) is 0 Å². The van der Waals surface area contributed by atoms with Crippen molar-refractivity contribution in [3.8, 4) is 0 Å². The number of hydrogen-bond acceptors (Lipinski definition) is 1. The van der Waals surface area contributed by atoms with Crippen molar-refractivity contribution < 1.29 is 0 Å². The fourth-order valence-corrected chi connectivity index (χ4v) is 2.81. The largest absolute Gasteiger partial charge is 0.349 e. The summed E-state index contributed by atoms with van der Waals surface area (Å²) in [7, 11) is 0. The molecule has 1 fully saturated rings. The Morgan fingerprint density at radius 1 is 1.32 bits per heavy atom. The number of rotatable bonds is 2. The van der Waals surface area contributed by atoms with Crippen molar-refractivity contribution in [1.82, 2.24) is 4.90 Å². The van der Waals surface area contributed by atoms with Gasteiger partial charge in [0, 0.05) is 18.8 Å². The third kappa shape index (κ3) is 3.93. The third-order valence-corrected chi connectivity index (χ3v) is 4.13. The van der Waals surface area contributed by atoms with Gasteiger partial charge >= 0.3 is 0 Å². The molecule has 1 aliphatic heterocycles. The minimum Gasteiger partial charge on any atom is -0.349 e. The van der Waals surface area contributed by atoms with Crippen LogP contribution in [0.15, 0.2) is 24.3 Å². The maximum atomic E-state index is 5.51. The van der Waals surface area contributed by atoms with Gasteiger partial charge in [-0.1, -0.05) is 32.9 Å². The fourth-order valence-electron chi connectivity index (χ4n) is 2.53. The molecule has 2 rings (SSSR count). The van der Waals surface area contributed by atoms with Crippen LogP contribution in [0, 0.1) is 5.92 Å². The summed E-state index contributed by atoms with van der Waals surface area (Å²) in [6, 6.07) is 8.59. The van der Waals surface area contributed by atoms with Gasteiger partial charge in [-0.2, -0.15) is 0 Å². The molecule has 1 N–H and O–H groups in total. The molecule has 0 radical (unpaired) electrons. The van der Waals surface area contributed by atoms with Crippen LogP contribution in [0.2, 0.25) is 0 Å². The maximum Gasteiger partial charge on any atom is 0.173 e. The fraction of sp³-hybridized carbons (Fsp3) is 0.562. The average molecular weight is 276 g/mol. The quantitative estimate of drug-likeness (QED) is 0.813. The predicted octanol–water partition coefficient (Wildman–Crippen LogP) is 4.24. The van der Waals surface area contributed by atoms with Gasteiger partial charge in [-0.25, -0.2) is 0 Å². The molecule has 1 aliphatic rings. The summed E-state index contributed by atoms with van der Waals surface area (Å²) in [5.74, 6) is 1.32. The molecule has 0 aliphatic carbocycles. The Labute approximate surface area is 122 Å². The van der Waals surface area contributed by atoms with Crippen LogP contribution in [0.4, 0.5) is 5.69 Å². The van der Waals surface area contributed by atoms with Crippen molar-refractivity contribution in [2.45, 2.75) is 39.5 Å². The molecule has 2 nitrogen and oxygen atoms in total. The Balaban J connectivity index is 1.94. The van der Waals surface area contributed by atoms with E-state index in [1.165, 1.54) is 18.4 Å². The molecule has 1 atom stereocenters. The van der Waals surface area contributed by atoms with Gasteiger partial charge in [-0.05, 0) is 54.6 Å². The summed E-state index contributed by atoms with van der Waals surface area (Å²) in [5, 5.41) is 4.22. The Morgan fingerprint density at radius 2 is 2.00 bits per heavy atom. The van der Waals surface area contributed by atoms with E-state index < -0.39 is 0 Å². The molecule has 0 spiro atoms. The van der Waals surface area contributed by atoms with Gasteiger partial charge in [0.1, 0.15) is 0 Å². The van der Waals surface area contributed by atoms with E-state index in [4.69, 9.17) is 12.2 Å². The predicted molar refractivity (Wildman–Crippen MR) is 86.7 cm³/mol. The number of nitrogens with one attached hydrogen (secondary N) is 1. The topological polar surface area (TPSA) is 15.3 Å². The van der Waals surface area contributed by atoms with Crippen LogP contribution < -0.4 is 5.32 Å². The highest BCUT2D eigenvalue weighted by Gasteiger charge is 2.18. The summed E-state index contributed by atoms with van der Waals surface area (Å²) in [4.78, 5) is 2.29. The van der Waals surface area contributed by atoms with Gasteiger partial charge in [-0.15, -0.1) is 0 Å². The molecule has 1 aromatic carbocycles. The van der Waals surface area contributed by atoms with E-state index in [0.717, 1.165) is 29.8 Å². The summed E-state index contributed by atoms with van der Waals surface area (Å²) in [6.45, 7) is 8.88. The number of benzene rings is 1. The molecule has 0 saturated carbocycles. The van der Waals surface area contributed by atoms with E-state index >= 15 is 0 Å². The second kappa shape index (κ2) is 6.38. The normalized spacial score (nSPS) is 19.6. The van der Waals surface area contributed by atoms with Crippen LogP contribution in [-0.4, -0.2) is 23.1 Å². The number of hydrogen-bond donors (Lipinski definition) is 1. The molecule has 1 aromatic rings. The van der Waals surface area contributed by atoms with Gasteiger partial charge in [0.15, 0.2) is 5.11 Å². The van der Waals surface area contributed by atoms with Crippen LogP contribution in [0.3, 0.4) is 0 Å². The van der Waals surface area contributed by atoms with E-state index in [-0.39, 0.29) is 0 Å². The van der Waals surface area contributed by atoms with E-state index in [0.29, 0.717) is 5.92 Å². The summed E-state index contributed by atoms with van der Waals surface area (Å²) >= 11 is 5.51. The van der Waals surface area contributed by atoms with Crippen LogP contribution >= 0.6 is 12.2 Å². The molecule has 0 bridgehead atoms. The Hall–Kier alpha value is -1.09. The summed E-state index contributed by atoms with van der Waals surface area (Å²) in [5.41, 5.74) is 2.45. The molecule has 1 heterocycles. The first-order chi connectivity index (χ1) is 9.06. The van der Waals surface area contributed by atoms with Gasteiger partial charge in [0.25, 0.3) is 0 Å². The molecule has 104 valence electrons. The molecular formula is C16H24N2S. The number of anilines is 1. The minimum atomic E-state index is 0.573. The SMILES string of the molecule is CC(C)c1ccc(NC(=S)N2CCC[C@H](C)C2)cc1. The Morgan fingerprint density at radius 3 is 2.58 bits per heavy atom. The monoisotopic (exact) mass is 276 g/mol. The van der Waals surface area contributed by atoms with Gasteiger partial charge in [0.05, 0.1) is 0 Å². The minimum absolute atomic E-state index is 0.573. The second-order valence-corrected chi connectivity index (χ2v) is 6.29. The zero-order valence-corrected chi connectivity index (χ0v) is 13.0. The summed E-state index contributed by atoms with van der Waals surface area (Å²) < 4.78 is 0. The molecule has 1 saturated heterocycles. The zero-order valence-electron chi connectivity index (χ0n) is 12.1. The number of likely N-dealkylation sites (tertiary alicyclic amines) is 1. The number of thiocarbonyl (C=S) groups is 1. The lowest BCUT2D eigenvalue weighted by Gasteiger charge is -2.33. The van der Waals surface area contributed by atoms with Crippen LogP contribution in [0.1, 0.15) is 45.1 Å². The van der Waals surface area contributed by atoms with Gasteiger partial charge in [-0.3, -0.25) is 0 Å².